The smallest absolute Gasteiger partial charge is 0.234 e. The van der Waals surface area contributed by atoms with Crippen LogP contribution in [-0.2, 0) is 4.79 Å². The Bertz CT molecular complexity index is 1200. The highest BCUT2D eigenvalue weighted by Crippen LogP contribution is 2.27. The summed E-state index contributed by atoms with van der Waals surface area (Å²) in [5, 5.41) is 21.2. The highest BCUT2D eigenvalue weighted by atomic mass is 32.2. The Balaban J connectivity index is 1.58. The molecule has 2 aromatic carbocycles. The minimum absolute atomic E-state index is 0.126. The molecule has 0 radical (unpaired) electrons. The molecule has 4 rings (SSSR count). The lowest BCUT2D eigenvalue weighted by Crippen LogP contribution is -2.15. The maximum atomic E-state index is 12.5. The van der Waals surface area contributed by atoms with E-state index in [2.05, 4.69) is 26.6 Å². The zero-order valence-corrected chi connectivity index (χ0v) is 16.6. The number of aromatic nitrogens is 4. The minimum atomic E-state index is -0.226. The molecule has 4 aromatic rings. The molecule has 0 spiro atoms. The van der Waals surface area contributed by atoms with E-state index in [-0.39, 0.29) is 11.7 Å². The maximum absolute atomic E-state index is 12.5. The van der Waals surface area contributed by atoms with Crippen LogP contribution in [0.3, 0.4) is 0 Å². The number of thioether (sulfide) groups is 1. The van der Waals surface area contributed by atoms with Gasteiger partial charge in [-0.05, 0) is 36.4 Å². The summed E-state index contributed by atoms with van der Waals surface area (Å²) in [6, 6.07) is 22.4. The third kappa shape index (κ3) is 4.21. The van der Waals surface area contributed by atoms with Crippen molar-refractivity contribution < 1.29 is 4.79 Å². The number of benzene rings is 2. The van der Waals surface area contributed by atoms with Crippen molar-refractivity contribution in [3.05, 3.63) is 84.7 Å². The van der Waals surface area contributed by atoms with Crippen molar-refractivity contribution in [1.82, 2.24) is 19.7 Å². The Morgan fingerprint density at radius 2 is 1.73 bits per heavy atom. The van der Waals surface area contributed by atoms with Crippen molar-refractivity contribution in [2.45, 2.75) is 5.16 Å². The van der Waals surface area contributed by atoms with Crippen LogP contribution >= 0.6 is 11.8 Å². The molecule has 2 aromatic heterocycles. The van der Waals surface area contributed by atoms with E-state index in [9.17, 15) is 10.1 Å². The number of carbonyl (C=O) groups is 1. The molecule has 0 unspecified atom stereocenters. The van der Waals surface area contributed by atoms with E-state index in [4.69, 9.17) is 0 Å². The first-order valence-corrected chi connectivity index (χ1v) is 10.1. The largest absolute Gasteiger partial charge is 0.324 e. The summed E-state index contributed by atoms with van der Waals surface area (Å²) in [6.45, 7) is 0. The van der Waals surface area contributed by atoms with Crippen LogP contribution in [0.15, 0.2) is 84.3 Å². The molecule has 7 nitrogen and oxygen atoms in total. The lowest BCUT2D eigenvalue weighted by Gasteiger charge is -2.10. The number of hydrogen-bond acceptors (Lipinski definition) is 6. The molecule has 0 aliphatic carbocycles. The molecule has 0 aliphatic heterocycles. The van der Waals surface area contributed by atoms with Crippen LogP contribution in [0, 0.1) is 11.3 Å². The van der Waals surface area contributed by atoms with Gasteiger partial charge in [0.25, 0.3) is 0 Å². The zero-order chi connectivity index (χ0) is 20.8. The number of rotatable bonds is 6. The summed E-state index contributed by atoms with van der Waals surface area (Å²) < 4.78 is 1.91. The third-order valence-corrected chi connectivity index (χ3v) is 5.17. The Morgan fingerprint density at radius 1 is 1.00 bits per heavy atom. The number of nitrogens with zero attached hydrogens (tertiary/aromatic N) is 5. The highest BCUT2D eigenvalue weighted by molar-refractivity contribution is 7.99. The summed E-state index contributed by atoms with van der Waals surface area (Å²) in [7, 11) is 0. The summed E-state index contributed by atoms with van der Waals surface area (Å²) in [6.07, 6.45) is 3.40. The molecular formula is C22H16N6OS. The normalized spacial score (nSPS) is 10.4. The van der Waals surface area contributed by atoms with E-state index in [1.807, 2.05) is 47.0 Å². The van der Waals surface area contributed by atoms with Gasteiger partial charge in [0.1, 0.15) is 6.07 Å². The number of pyridine rings is 1. The van der Waals surface area contributed by atoms with Crippen LogP contribution in [0.25, 0.3) is 17.1 Å². The molecule has 30 heavy (non-hydrogen) atoms. The molecule has 8 heteroatoms. The molecular weight excluding hydrogens is 396 g/mol. The van der Waals surface area contributed by atoms with Gasteiger partial charge < -0.3 is 5.32 Å². The highest BCUT2D eigenvalue weighted by Gasteiger charge is 2.17. The second-order valence-electron chi connectivity index (χ2n) is 6.21. The fraction of sp³-hybridized carbons (Fsp3) is 0.0455. The molecule has 1 amide bonds. The molecule has 1 N–H and O–H groups in total. The van der Waals surface area contributed by atoms with Crippen molar-refractivity contribution in [2.75, 3.05) is 11.1 Å². The van der Waals surface area contributed by atoms with Crippen LogP contribution < -0.4 is 5.32 Å². The molecule has 0 atom stereocenters. The van der Waals surface area contributed by atoms with Crippen molar-refractivity contribution in [2.24, 2.45) is 0 Å². The lowest BCUT2D eigenvalue weighted by atomic mass is 10.2. The monoisotopic (exact) mass is 412 g/mol. The van der Waals surface area contributed by atoms with Crippen molar-refractivity contribution >= 4 is 23.4 Å². The van der Waals surface area contributed by atoms with Gasteiger partial charge in [-0.2, -0.15) is 5.26 Å². The molecule has 2 heterocycles. The van der Waals surface area contributed by atoms with Gasteiger partial charge in [-0.3, -0.25) is 14.3 Å². The van der Waals surface area contributed by atoms with E-state index in [0.29, 0.717) is 22.2 Å². The Hall–Kier alpha value is -3.96. The third-order valence-electron chi connectivity index (χ3n) is 4.24. The Morgan fingerprint density at radius 3 is 2.50 bits per heavy atom. The first-order chi connectivity index (χ1) is 14.8. The standard InChI is InChI=1S/C22H16N6OS/c23-14-17-6-4-5-9-19(17)25-20(29)15-30-22-27-26-21(16-10-12-24-13-11-16)28(22)18-7-2-1-3-8-18/h1-13H,15H2,(H,25,29). The minimum Gasteiger partial charge on any atom is -0.324 e. The van der Waals surface area contributed by atoms with Gasteiger partial charge in [0.15, 0.2) is 11.0 Å². The summed E-state index contributed by atoms with van der Waals surface area (Å²) in [5.74, 6) is 0.568. The quantitative estimate of drug-likeness (QED) is 0.482. The van der Waals surface area contributed by atoms with Crippen molar-refractivity contribution in [1.29, 1.82) is 5.26 Å². The maximum Gasteiger partial charge on any atom is 0.234 e. The van der Waals surface area contributed by atoms with Crippen molar-refractivity contribution in [3.63, 3.8) is 0 Å². The second kappa shape index (κ2) is 9.03. The topological polar surface area (TPSA) is 96.5 Å². The van der Waals surface area contributed by atoms with E-state index in [0.717, 1.165) is 11.3 Å². The van der Waals surface area contributed by atoms with Gasteiger partial charge in [-0.1, -0.05) is 42.1 Å². The summed E-state index contributed by atoms with van der Waals surface area (Å²) in [5.41, 5.74) is 2.68. The fourth-order valence-electron chi connectivity index (χ4n) is 2.87. The van der Waals surface area contributed by atoms with Gasteiger partial charge in [0, 0.05) is 23.6 Å². The molecule has 0 saturated carbocycles. The summed E-state index contributed by atoms with van der Waals surface area (Å²) in [4.78, 5) is 16.5. The molecule has 0 fully saturated rings. The van der Waals surface area contributed by atoms with E-state index >= 15 is 0 Å². The van der Waals surface area contributed by atoms with Crippen LogP contribution in [0.2, 0.25) is 0 Å². The van der Waals surface area contributed by atoms with Gasteiger partial charge >= 0.3 is 0 Å². The van der Waals surface area contributed by atoms with E-state index in [1.165, 1.54) is 11.8 Å². The molecule has 0 bridgehead atoms. The van der Waals surface area contributed by atoms with Crippen molar-refractivity contribution in [3.8, 4) is 23.1 Å². The Labute approximate surface area is 177 Å². The SMILES string of the molecule is N#Cc1ccccc1NC(=O)CSc1nnc(-c2ccncc2)n1-c1ccccc1. The van der Waals surface area contributed by atoms with Gasteiger partial charge in [-0.25, -0.2) is 0 Å². The average molecular weight is 412 g/mol. The second-order valence-corrected chi connectivity index (χ2v) is 7.15. The Kier molecular flexibility index (Phi) is 5.83. The van der Waals surface area contributed by atoms with E-state index in [1.54, 1.807) is 36.7 Å². The zero-order valence-electron chi connectivity index (χ0n) is 15.8. The lowest BCUT2D eigenvalue weighted by molar-refractivity contribution is -0.113. The predicted octanol–water partition coefficient (Wildman–Crippen LogP) is 3.93. The first-order valence-electron chi connectivity index (χ1n) is 9.09. The number of carbonyl (C=O) groups excluding carboxylic acids is 1. The van der Waals surface area contributed by atoms with Crippen LogP contribution in [0.4, 0.5) is 5.69 Å². The van der Waals surface area contributed by atoms with Gasteiger partial charge in [0.2, 0.25) is 5.91 Å². The molecule has 146 valence electrons. The number of para-hydroxylation sites is 2. The van der Waals surface area contributed by atoms with Gasteiger partial charge in [-0.15, -0.1) is 10.2 Å². The number of nitrogens with one attached hydrogen (secondary N) is 1. The predicted molar refractivity (Wildman–Crippen MR) is 115 cm³/mol. The van der Waals surface area contributed by atoms with E-state index < -0.39 is 0 Å². The van der Waals surface area contributed by atoms with Crippen LogP contribution in [-0.4, -0.2) is 31.4 Å². The average Bonchev–Trinajstić information content (AvgIpc) is 3.23. The number of hydrogen-bond donors (Lipinski definition) is 1. The van der Waals surface area contributed by atoms with Crippen LogP contribution in [0.5, 0.6) is 0 Å². The number of anilines is 1. The fourth-order valence-corrected chi connectivity index (χ4v) is 3.62. The van der Waals surface area contributed by atoms with Crippen LogP contribution in [0.1, 0.15) is 5.56 Å². The first kappa shape index (κ1) is 19.4. The summed E-state index contributed by atoms with van der Waals surface area (Å²) >= 11 is 1.28. The molecule has 0 saturated heterocycles. The van der Waals surface area contributed by atoms with Gasteiger partial charge in [0.05, 0.1) is 17.0 Å². The number of nitriles is 1. The molecule has 0 aliphatic rings. The number of amides is 1.